The van der Waals surface area contributed by atoms with E-state index in [1.165, 1.54) is 19.4 Å². The smallest absolute Gasteiger partial charge is 0.218 e. The second-order valence-electron chi connectivity index (χ2n) is 4.03. The van der Waals surface area contributed by atoms with Crippen molar-refractivity contribution in [2.24, 2.45) is 0 Å². The van der Waals surface area contributed by atoms with E-state index in [2.05, 4.69) is 15.9 Å². The topological polar surface area (TPSA) is 57.2 Å². The molecule has 0 aliphatic rings. The van der Waals surface area contributed by atoms with Gasteiger partial charge in [-0.1, -0.05) is 6.07 Å². The fourth-order valence-electron chi connectivity index (χ4n) is 1.73. The van der Waals surface area contributed by atoms with E-state index in [0.717, 1.165) is 5.56 Å². The van der Waals surface area contributed by atoms with Gasteiger partial charge >= 0.3 is 0 Å². The number of rotatable bonds is 3. The first-order valence-electron chi connectivity index (χ1n) is 5.48. The molecule has 0 bridgehead atoms. The van der Waals surface area contributed by atoms with Crippen molar-refractivity contribution in [3.8, 4) is 5.75 Å². The van der Waals surface area contributed by atoms with Crippen molar-refractivity contribution in [3.05, 3.63) is 56.7 Å². The van der Waals surface area contributed by atoms with Gasteiger partial charge in [0, 0.05) is 18.9 Å². The molecule has 0 amide bonds. The Hall–Kier alpha value is -1.82. The molecule has 19 heavy (non-hydrogen) atoms. The highest BCUT2D eigenvalue weighted by Crippen LogP contribution is 2.18. The summed E-state index contributed by atoms with van der Waals surface area (Å²) in [6.45, 7) is 0.407. The minimum atomic E-state index is -0.423. The van der Waals surface area contributed by atoms with Gasteiger partial charge in [0.2, 0.25) is 5.43 Å². The molecule has 0 saturated carbocycles. The zero-order valence-corrected chi connectivity index (χ0v) is 11.8. The SMILES string of the molecule is COc1ccc(Cn2cc(N)c(=O)c(Br)c2)cc1F. The first-order valence-corrected chi connectivity index (χ1v) is 6.28. The van der Waals surface area contributed by atoms with E-state index in [1.54, 1.807) is 22.9 Å². The average molecular weight is 327 g/mol. The van der Waals surface area contributed by atoms with Crippen LogP contribution in [-0.4, -0.2) is 11.7 Å². The van der Waals surface area contributed by atoms with Gasteiger partial charge in [0.1, 0.15) is 0 Å². The molecule has 0 atom stereocenters. The summed E-state index contributed by atoms with van der Waals surface area (Å²) in [6, 6.07) is 4.71. The number of halogens is 2. The summed E-state index contributed by atoms with van der Waals surface area (Å²) < 4.78 is 20.5. The molecule has 100 valence electrons. The zero-order valence-electron chi connectivity index (χ0n) is 10.2. The van der Waals surface area contributed by atoms with Gasteiger partial charge in [0.25, 0.3) is 0 Å². The van der Waals surface area contributed by atoms with Crippen LogP contribution < -0.4 is 15.9 Å². The molecule has 4 nitrogen and oxygen atoms in total. The highest BCUT2D eigenvalue weighted by Gasteiger charge is 2.06. The summed E-state index contributed by atoms with van der Waals surface area (Å²) in [5.41, 5.74) is 6.23. The highest BCUT2D eigenvalue weighted by molar-refractivity contribution is 9.10. The second-order valence-corrected chi connectivity index (χ2v) is 4.89. The molecule has 0 unspecified atom stereocenters. The molecular weight excluding hydrogens is 315 g/mol. The summed E-state index contributed by atoms with van der Waals surface area (Å²) in [6.07, 6.45) is 3.13. The monoisotopic (exact) mass is 326 g/mol. The summed E-state index contributed by atoms with van der Waals surface area (Å²) >= 11 is 3.14. The van der Waals surface area contributed by atoms with Crippen molar-refractivity contribution >= 4 is 21.6 Å². The molecule has 1 aromatic carbocycles. The highest BCUT2D eigenvalue weighted by atomic mass is 79.9. The van der Waals surface area contributed by atoms with Crippen LogP contribution in [0.3, 0.4) is 0 Å². The van der Waals surface area contributed by atoms with Crippen molar-refractivity contribution in [2.45, 2.75) is 6.54 Å². The molecule has 2 rings (SSSR count). The third kappa shape index (κ3) is 2.96. The largest absolute Gasteiger partial charge is 0.494 e. The maximum atomic E-state index is 13.6. The van der Waals surface area contributed by atoms with Crippen LogP contribution >= 0.6 is 15.9 Å². The van der Waals surface area contributed by atoms with Crippen LogP contribution in [0.2, 0.25) is 0 Å². The number of nitrogens with two attached hydrogens (primary N) is 1. The maximum Gasteiger partial charge on any atom is 0.218 e. The third-order valence-corrected chi connectivity index (χ3v) is 3.21. The number of hydrogen-bond acceptors (Lipinski definition) is 3. The lowest BCUT2D eigenvalue weighted by Gasteiger charge is -2.09. The van der Waals surface area contributed by atoms with Crippen molar-refractivity contribution in [1.82, 2.24) is 4.57 Å². The summed E-state index contributed by atoms with van der Waals surface area (Å²) in [5.74, 6) is -0.225. The summed E-state index contributed by atoms with van der Waals surface area (Å²) in [4.78, 5) is 11.4. The van der Waals surface area contributed by atoms with Crippen molar-refractivity contribution in [3.63, 3.8) is 0 Å². The zero-order chi connectivity index (χ0) is 14.0. The van der Waals surface area contributed by atoms with Crippen molar-refractivity contribution in [2.75, 3.05) is 12.8 Å². The first-order chi connectivity index (χ1) is 9.01. The van der Waals surface area contributed by atoms with Crippen molar-refractivity contribution < 1.29 is 9.13 Å². The predicted octanol–water partition coefficient (Wildman–Crippen LogP) is 2.39. The lowest BCUT2D eigenvalue weighted by Crippen LogP contribution is -2.13. The van der Waals surface area contributed by atoms with Crippen LogP contribution in [0.25, 0.3) is 0 Å². The molecular formula is C13H12BrFN2O2. The van der Waals surface area contributed by atoms with Crippen LogP contribution in [0.4, 0.5) is 10.1 Å². The van der Waals surface area contributed by atoms with Gasteiger partial charge in [-0.2, -0.15) is 0 Å². The molecule has 6 heteroatoms. The summed E-state index contributed by atoms with van der Waals surface area (Å²) in [5, 5.41) is 0. The Kier molecular flexibility index (Phi) is 3.90. The number of ether oxygens (including phenoxy) is 1. The minimum Gasteiger partial charge on any atom is -0.494 e. The van der Waals surface area contributed by atoms with Gasteiger partial charge in [0.05, 0.1) is 17.3 Å². The second kappa shape index (κ2) is 5.44. The molecule has 0 saturated heterocycles. The van der Waals surface area contributed by atoms with Gasteiger partial charge < -0.3 is 15.0 Å². The molecule has 0 spiro atoms. The number of anilines is 1. The number of methoxy groups -OCH3 is 1. The van der Waals surface area contributed by atoms with E-state index in [0.29, 0.717) is 11.0 Å². The van der Waals surface area contributed by atoms with Gasteiger partial charge in [0.15, 0.2) is 11.6 Å². The first kappa shape index (κ1) is 13.6. The number of hydrogen-bond donors (Lipinski definition) is 1. The number of nitrogens with zero attached hydrogens (tertiary/aromatic N) is 1. The number of pyridine rings is 1. The van der Waals surface area contributed by atoms with E-state index in [9.17, 15) is 9.18 Å². The van der Waals surface area contributed by atoms with Crippen LogP contribution in [0.1, 0.15) is 5.56 Å². The Bertz CT molecular complexity index is 644. The number of nitrogen functional groups attached to an aromatic ring is 1. The molecule has 1 aromatic heterocycles. The lowest BCUT2D eigenvalue weighted by atomic mass is 10.2. The van der Waals surface area contributed by atoms with E-state index < -0.39 is 5.82 Å². The average Bonchev–Trinajstić information content (AvgIpc) is 2.36. The van der Waals surface area contributed by atoms with E-state index in [1.807, 2.05) is 0 Å². The van der Waals surface area contributed by atoms with Gasteiger partial charge in [-0.3, -0.25) is 4.79 Å². The van der Waals surface area contributed by atoms with Gasteiger partial charge in [-0.05, 0) is 33.6 Å². The maximum absolute atomic E-state index is 13.6. The molecule has 0 aliphatic heterocycles. The molecule has 0 fully saturated rings. The van der Waals surface area contributed by atoms with Crippen molar-refractivity contribution in [1.29, 1.82) is 0 Å². The van der Waals surface area contributed by atoms with E-state index >= 15 is 0 Å². The minimum absolute atomic E-state index is 0.142. The fraction of sp³-hybridized carbons (Fsp3) is 0.154. The molecule has 1 heterocycles. The van der Waals surface area contributed by atoms with Gasteiger partial charge in [-0.25, -0.2) is 4.39 Å². The fourth-order valence-corrected chi connectivity index (χ4v) is 2.22. The normalized spacial score (nSPS) is 10.5. The number of aromatic nitrogens is 1. The summed E-state index contributed by atoms with van der Waals surface area (Å²) in [7, 11) is 1.41. The Morgan fingerprint density at radius 2 is 2.16 bits per heavy atom. The standard InChI is InChI=1S/C13H12BrFN2O2/c1-19-12-3-2-8(4-10(12)15)5-17-6-9(14)13(18)11(16)7-17/h2-4,6-7H,5,16H2,1H3. The molecule has 0 aliphatic carbocycles. The van der Waals surface area contributed by atoms with Crippen LogP contribution in [0.5, 0.6) is 5.75 Å². The van der Waals surface area contributed by atoms with Gasteiger partial charge in [-0.15, -0.1) is 0 Å². The van der Waals surface area contributed by atoms with Crippen LogP contribution in [0.15, 0.2) is 39.9 Å². The molecule has 0 radical (unpaired) electrons. The number of benzene rings is 1. The Balaban J connectivity index is 2.31. The molecule has 2 N–H and O–H groups in total. The lowest BCUT2D eigenvalue weighted by molar-refractivity contribution is 0.386. The van der Waals surface area contributed by atoms with Crippen LogP contribution in [-0.2, 0) is 6.54 Å². The Morgan fingerprint density at radius 3 is 2.74 bits per heavy atom. The Labute approximate surface area is 117 Å². The van der Waals surface area contributed by atoms with E-state index in [4.69, 9.17) is 10.5 Å². The van der Waals surface area contributed by atoms with E-state index in [-0.39, 0.29) is 16.9 Å². The quantitative estimate of drug-likeness (QED) is 0.942. The molecule has 2 aromatic rings. The Morgan fingerprint density at radius 1 is 1.42 bits per heavy atom. The third-order valence-electron chi connectivity index (χ3n) is 2.64. The predicted molar refractivity (Wildman–Crippen MR) is 74.9 cm³/mol. The van der Waals surface area contributed by atoms with Crippen LogP contribution in [0, 0.1) is 5.82 Å².